The Morgan fingerprint density at radius 2 is 1.84 bits per heavy atom. The van der Waals surface area contributed by atoms with Crippen LogP contribution in [-0.4, -0.2) is 29.6 Å². The van der Waals surface area contributed by atoms with Gasteiger partial charge in [-0.15, -0.1) is 0 Å². The van der Waals surface area contributed by atoms with Crippen LogP contribution in [0.25, 0.3) is 0 Å². The zero-order valence-corrected chi connectivity index (χ0v) is 11.4. The fraction of sp³-hybridized carbons (Fsp3) is 0.769. The molecule has 2 unspecified atom stereocenters. The molecule has 0 radical (unpaired) electrons. The van der Waals surface area contributed by atoms with Gasteiger partial charge >= 0.3 is 12.0 Å². The van der Waals surface area contributed by atoms with Crippen molar-refractivity contribution in [1.29, 1.82) is 0 Å². The lowest BCUT2D eigenvalue weighted by molar-refractivity contribution is -0.138. The van der Waals surface area contributed by atoms with Crippen molar-refractivity contribution in [2.24, 2.45) is 17.8 Å². The lowest BCUT2D eigenvalue weighted by Gasteiger charge is -2.12. The molecule has 6 heteroatoms. The summed E-state index contributed by atoms with van der Waals surface area (Å²) in [5.74, 6) is -0.526. The monoisotopic (exact) mass is 270 g/mol. The summed E-state index contributed by atoms with van der Waals surface area (Å²) in [6.45, 7) is 4.31. The van der Waals surface area contributed by atoms with E-state index in [9.17, 15) is 14.4 Å². The molecule has 0 heterocycles. The van der Waals surface area contributed by atoms with E-state index in [-0.39, 0.29) is 18.8 Å². The third-order valence-corrected chi connectivity index (χ3v) is 3.32. The fourth-order valence-electron chi connectivity index (χ4n) is 1.99. The van der Waals surface area contributed by atoms with Gasteiger partial charge < -0.3 is 10.4 Å². The number of carboxylic acid groups (broad SMARTS) is 1. The largest absolute Gasteiger partial charge is 0.481 e. The third kappa shape index (κ3) is 6.79. The molecular formula is C13H22N2O4. The maximum absolute atomic E-state index is 11.5. The molecule has 0 saturated heterocycles. The van der Waals surface area contributed by atoms with Gasteiger partial charge in [-0.1, -0.05) is 13.8 Å². The van der Waals surface area contributed by atoms with Crippen molar-refractivity contribution in [1.82, 2.24) is 10.6 Å². The van der Waals surface area contributed by atoms with E-state index in [1.807, 2.05) is 0 Å². The number of carboxylic acids is 1. The lowest BCUT2D eigenvalue weighted by atomic mass is 10.0. The van der Waals surface area contributed by atoms with Crippen molar-refractivity contribution < 1.29 is 19.5 Å². The second kappa shape index (κ2) is 7.11. The zero-order valence-electron chi connectivity index (χ0n) is 11.4. The minimum Gasteiger partial charge on any atom is -0.481 e. The smallest absolute Gasteiger partial charge is 0.321 e. The molecule has 3 N–H and O–H groups in total. The average molecular weight is 270 g/mol. The first kappa shape index (κ1) is 15.5. The van der Waals surface area contributed by atoms with Crippen molar-refractivity contribution in [3.63, 3.8) is 0 Å². The van der Waals surface area contributed by atoms with Crippen molar-refractivity contribution in [3.05, 3.63) is 0 Å². The average Bonchev–Trinajstić information content (AvgIpc) is 3.07. The number of carbonyl (C=O) groups is 3. The van der Waals surface area contributed by atoms with E-state index in [4.69, 9.17) is 5.11 Å². The van der Waals surface area contributed by atoms with E-state index in [2.05, 4.69) is 17.6 Å². The highest BCUT2D eigenvalue weighted by Gasteiger charge is 2.27. The minimum atomic E-state index is -0.942. The van der Waals surface area contributed by atoms with E-state index in [0.29, 0.717) is 18.4 Å². The molecule has 19 heavy (non-hydrogen) atoms. The van der Waals surface area contributed by atoms with Crippen LogP contribution in [-0.2, 0) is 9.59 Å². The van der Waals surface area contributed by atoms with Crippen LogP contribution in [0.3, 0.4) is 0 Å². The number of urea groups is 1. The van der Waals surface area contributed by atoms with Crippen molar-refractivity contribution in [3.8, 4) is 0 Å². The molecule has 2 atom stereocenters. The number of imide groups is 1. The highest BCUT2D eigenvalue weighted by atomic mass is 16.4. The fourth-order valence-corrected chi connectivity index (χ4v) is 1.99. The summed E-state index contributed by atoms with van der Waals surface area (Å²) in [4.78, 5) is 33.4. The summed E-state index contributed by atoms with van der Waals surface area (Å²) in [5.41, 5.74) is 0. The van der Waals surface area contributed by atoms with Crippen LogP contribution in [0, 0.1) is 17.8 Å². The molecule has 0 spiro atoms. The first-order chi connectivity index (χ1) is 8.88. The first-order valence-electron chi connectivity index (χ1n) is 6.68. The van der Waals surface area contributed by atoms with Gasteiger partial charge in [0.05, 0.1) is 0 Å². The van der Waals surface area contributed by atoms with Gasteiger partial charge in [0.15, 0.2) is 0 Å². The maximum atomic E-state index is 11.5. The molecule has 1 aliphatic carbocycles. The number of nitrogens with one attached hydrogen (secondary N) is 2. The molecule has 1 aliphatic rings. The molecule has 6 nitrogen and oxygen atoms in total. The van der Waals surface area contributed by atoms with E-state index < -0.39 is 17.9 Å². The highest BCUT2D eigenvalue weighted by molar-refractivity contribution is 5.94. The van der Waals surface area contributed by atoms with E-state index in [1.165, 1.54) is 12.8 Å². The third-order valence-electron chi connectivity index (χ3n) is 3.32. The van der Waals surface area contributed by atoms with Gasteiger partial charge in [0.2, 0.25) is 5.91 Å². The number of carbonyl (C=O) groups excluding carboxylic acids is 2. The molecule has 1 fully saturated rings. The van der Waals surface area contributed by atoms with E-state index in [0.717, 1.165) is 0 Å². The Labute approximate surface area is 112 Å². The second-order valence-electron chi connectivity index (χ2n) is 5.48. The molecule has 3 amide bonds. The molecular weight excluding hydrogens is 248 g/mol. The summed E-state index contributed by atoms with van der Waals surface area (Å²) in [5, 5.41) is 13.4. The number of amides is 3. The minimum absolute atomic E-state index is 0.0396. The molecule has 0 aromatic carbocycles. The summed E-state index contributed by atoms with van der Waals surface area (Å²) in [7, 11) is 0. The zero-order chi connectivity index (χ0) is 14.4. The predicted molar refractivity (Wildman–Crippen MR) is 69.5 cm³/mol. The van der Waals surface area contributed by atoms with E-state index >= 15 is 0 Å². The maximum Gasteiger partial charge on any atom is 0.321 e. The molecule has 0 aliphatic heterocycles. The Morgan fingerprint density at radius 1 is 1.21 bits per heavy atom. The second-order valence-corrected chi connectivity index (χ2v) is 5.48. The van der Waals surface area contributed by atoms with Crippen LogP contribution in [0.2, 0.25) is 0 Å². The summed E-state index contributed by atoms with van der Waals surface area (Å²) < 4.78 is 0. The number of aliphatic carboxylic acids is 1. The number of rotatable bonds is 7. The van der Waals surface area contributed by atoms with Crippen LogP contribution in [0.5, 0.6) is 0 Å². The van der Waals surface area contributed by atoms with E-state index in [1.54, 1.807) is 6.92 Å². The lowest BCUT2D eigenvalue weighted by Crippen LogP contribution is -2.41. The predicted octanol–water partition coefficient (Wildman–Crippen LogP) is 1.36. The van der Waals surface area contributed by atoms with Crippen molar-refractivity contribution >= 4 is 17.9 Å². The Bertz CT molecular complexity index is 353. The SMILES string of the molecule is CC(CC(=O)O)CC(=O)NC(=O)NCC(C)C1CC1. The van der Waals surface area contributed by atoms with Gasteiger partial charge in [0.25, 0.3) is 0 Å². The van der Waals surface area contributed by atoms with Crippen LogP contribution in [0.15, 0.2) is 0 Å². The molecule has 0 aromatic rings. The molecule has 1 saturated carbocycles. The quantitative estimate of drug-likeness (QED) is 0.651. The normalized spacial score (nSPS) is 17.4. The topological polar surface area (TPSA) is 95.5 Å². The van der Waals surface area contributed by atoms with Gasteiger partial charge in [-0.2, -0.15) is 0 Å². The van der Waals surface area contributed by atoms with Gasteiger partial charge in [-0.25, -0.2) is 4.79 Å². The molecule has 0 bridgehead atoms. The number of hydrogen-bond donors (Lipinski definition) is 3. The van der Waals surface area contributed by atoms with Crippen LogP contribution < -0.4 is 10.6 Å². The summed E-state index contributed by atoms with van der Waals surface area (Å²) in [6, 6.07) is -0.500. The van der Waals surface area contributed by atoms with Crippen LogP contribution >= 0.6 is 0 Å². The van der Waals surface area contributed by atoms with Crippen molar-refractivity contribution in [2.75, 3.05) is 6.54 Å². The van der Waals surface area contributed by atoms with Crippen molar-refractivity contribution in [2.45, 2.75) is 39.5 Å². The molecule has 0 aromatic heterocycles. The highest BCUT2D eigenvalue weighted by Crippen LogP contribution is 2.35. The number of hydrogen-bond acceptors (Lipinski definition) is 3. The van der Waals surface area contributed by atoms with Crippen LogP contribution in [0.1, 0.15) is 39.5 Å². The molecule has 108 valence electrons. The Kier molecular flexibility index (Phi) is 5.79. The standard InChI is InChI=1S/C13H22N2O4/c1-8(6-12(17)18)5-11(16)15-13(19)14-7-9(2)10-3-4-10/h8-10H,3-7H2,1-2H3,(H,17,18)(H2,14,15,16,19). The molecule has 1 rings (SSSR count). The van der Waals surface area contributed by atoms with Crippen LogP contribution in [0.4, 0.5) is 4.79 Å². The van der Waals surface area contributed by atoms with Gasteiger partial charge in [0.1, 0.15) is 0 Å². The van der Waals surface area contributed by atoms with Gasteiger partial charge in [-0.05, 0) is 30.6 Å². The Balaban J connectivity index is 2.16. The first-order valence-corrected chi connectivity index (χ1v) is 6.68. The summed E-state index contributed by atoms with van der Waals surface area (Å²) >= 11 is 0. The summed E-state index contributed by atoms with van der Waals surface area (Å²) in [6.07, 6.45) is 2.40. The van der Waals surface area contributed by atoms with Gasteiger partial charge in [-0.3, -0.25) is 14.9 Å². The Hall–Kier alpha value is -1.59. The van der Waals surface area contributed by atoms with Gasteiger partial charge in [0, 0.05) is 19.4 Å². The Morgan fingerprint density at radius 3 is 2.37 bits per heavy atom.